The first-order chi connectivity index (χ1) is 8.74. The SMILES string of the molecule is Cc1ccc(O)c(CNC2CCN3CCCC23)c1. The highest BCUT2D eigenvalue weighted by Gasteiger charge is 2.36. The molecule has 98 valence electrons. The molecule has 2 heterocycles. The van der Waals surface area contributed by atoms with Gasteiger partial charge in [0.15, 0.2) is 0 Å². The Morgan fingerprint density at radius 1 is 1.33 bits per heavy atom. The smallest absolute Gasteiger partial charge is 0.120 e. The fourth-order valence-corrected chi connectivity index (χ4v) is 3.42. The van der Waals surface area contributed by atoms with Crippen molar-refractivity contribution in [3.05, 3.63) is 29.3 Å². The minimum Gasteiger partial charge on any atom is -0.508 e. The van der Waals surface area contributed by atoms with Gasteiger partial charge in [-0.15, -0.1) is 0 Å². The number of benzene rings is 1. The summed E-state index contributed by atoms with van der Waals surface area (Å²) in [6, 6.07) is 7.16. The van der Waals surface area contributed by atoms with E-state index in [9.17, 15) is 5.11 Å². The van der Waals surface area contributed by atoms with Crippen LogP contribution in [0.1, 0.15) is 30.4 Å². The van der Waals surface area contributed by atoms with Crippen molar-refractivity contribution in [1.82, 2.24) is 10.2 Å². The van der Waals surface area contributed by atoms with Gasteiger partial charge in [-0.3, -0.25) is 4.90 Å². The van der Waals surface area contributed by atoms with Gasteiger partial charge in [0.1, 0.15) is 5.75 Å². The summed E-state index contributed by atoms with van der Waals surface area (Å²) >= 11 is 0. The standard InChI is InChI=1S/C15H22N2O/c1-11-4-5-15(18)12(9-11)10-16-13-6-8-17-7-2-3-14(13)17/h4-5,9,13-14,16,18H,2-3,6-8,10H2,1H3. The topological polar surface area (TPSA) is 35.5 Å². The Hall–Kier alpha value is -1.06. The van der Waals surface area contributed by atoms with Crippen molar-refractivity contribution in [2.75, 3.05) is 13.1 Å². The highest BCUT2D eigenvalue weighted by molar-refractivity contribution is 5.35. The lowest BCUT2D eigenvalue weighted by molar-refractivity contribution is 0.298. The zero-order valence-corrected chi connectivity index (χ0v) is 11.0. The van der Waals surface area contributed by atoms with Crippen LogP contribution in [0, 0.1) is 6.92 Å². The van der Waals surface area contributed by atoms with E-state index in [0.29, 0.717) is 11.8 Å². The van der Waals surface area contributed by atoms with E-state index >= 15 is 0 Å². The van der Waals surface area contributed by atoms with E-state index < -0.39 is 0 Å². The van der Waals surface area contributed by atoms with Crippen LogP contribution < -0.4 is 5.32 Å². The van der Waals surface area contributed by atoms with Gasteiger partial charge in [-0.2, -0.15) is 0 Å². The van der Waals surface area contributed by atoms with E-state index in [4.69, 9.17) is 0 Å². The Balaban J connectivity index is 1.62. The number of nitrogens with zero attached hydrogens (tertiary/aromatic N) is 1. The molecule has 3 nitrogen and oxygen atoms in total. The van der Waals surface area contributed by atoms with Gasteiger partial charge in [0, 0.05) is 30.7 Å². The third kappa shape index (κ3) is 2.25. The Bertz CT molecular complexity index is 433. The van der Waals surface area contributed by atoms with Crippen molar-refractivity contribution >= 4 is 0 Å². The number of aromatic hydroxyl groups is 1. The fourth-order valence-electron chi connectivity index (χ4n) is 3.42. The van der Waals surface area contributed by atoms with E-state index in [0.717, 1.165) is 18.2 Å². The van der Waals surface area contributed by atoms with Gasteiger partial charge in [0.2, 0.25) is 0 Å². The lowest BCUT2D eigenvalue weighted by Gasteiger charge is -2.21. The van der Waals surface area contributed by atoms with E-state index in [1.54, 1.807) is 6.07 Å². The maximum absolute atomic E-state index is 9.85. The monoisotopic (exact) mass is 246 g/mol. The number of aryl methyl sites for hydroxylation is 1. The van der Waals surface area contributed by atoms with E-state index in [1.807, 2.05) is 6.07 Å². The molecule has 0 aromatic heterocycles. The van der Waals surface area contributed by atoms with Gasteiger partial charge >= 0.3 is 0 Å². The highest BCUT2D eigenvalue weighted by atomic mass is 16.3. The first kappa shape index (κ1) is 12.0. The van der Waals surface area contributed by atoms with E-state index in [2.05, 4.69) is 23.2 Å². The number of hydrogen-bond donors (Lipinski definition) is 2. The van der Waals surface area contributed by atoms with Crippen molar-refractivity contribution in [3.63, 3.8) is 0 Å². The predicted octanol–water partition coefficient (Wildman–Crippen LogP) is 2.03. The van der Waals surface area contributed by atoms with Gasteiger partial charge in [0.25, 0.3) is 0 Å². The Labute approximate surface area is 109 Å². The average molecular weight is 246 g/mol. The molecular formula is C15H22N2O. The van der Waals surface area contributed by atoms with Crippen LogP contribution in [0.2, 0.25) is 0 Å². The molecule has 0 spiro atoms. The first-order valence-electron chi connectivity index (χ1n) is 7.00. The molecule has 0 bridgehead atoms. The second kappa shape index (κ2) is 4.90. The quantitative estimate of drug-likeness (QED) is 0.856. The second-order valence-corrected chi connectivity index (χ2v) is 5.65. The second-order valence-electron chi connectivity index (χ2n) is 5.65. The summed E-state index contributed by atoms with van der Waals surface area (Å²) in [4.78, 5) is 2.60. The molecule has 2 unspecified atom stereocenters. The van der Waals surface area contributed by atoms with Gasteiger partial charge in [-0.05, 0) is 38.8 Å². The molecule has 3 heteroatoms. The van der Waals surface area contributed by atoms with Crippen LogP contribution >= 0.6 is 0 Å². The molecule has 0 aliphatic carbocycles. The molecule has 2 atom stereocenters. The number of hydrogen-bond acceptors (Lipinski definition) is 3. The molecular weight excluding hydrogens is 224 g/mol. The summed E-state index contributed by atoms with van der Waals surface area (Å²) in [6.07, 6.45) is 3.92. The molecule has 2 N–H and O–H groups in total. The van der Waals surface area contributed by atoms with Crippen LogP contribution in [0.3, 0.4) is 0 Å². The van der Waals surface area contributed by atoms with Crippen LogP contribution in [0.4, 0.5) is 0 Å². The predicted molar refractivity (Wildman–Crippen MR) is 72.7 cm³/mol. The molecule has 3 rings (SSSR count). The highest BCUT2D eigenvalue weighted by Crippen LogP contribution is 2.28. The van der Waals surface area contributed by atoms with Crippen molar-refractivity contribution in [2.45, 2.75) is 44.8 Å². The van der Waals surface area contributed by atoms with Crippen LogP contribution in [0.5, 0.6) is 5.75 Å². The number of phenols is 1. The number of phenolic OH excluding ortho intramolecular Hbond substituents is 1. The van der Waals surface area contributed by atoms with Crippen molar-refractivity contribution in [3.8, 4) is 5.75 Å². The van der Waals surface area contributed by atoms with Crippen molar-refractivity contribution < 1.29 is 5.11 Å². The minimum atomic E-state index is 0.411. The van der Waals surface area contributed by atoms with Crippen molar-refractivity contribution in [1.29, 1.82) is 0 Å². The zero-order valence-electron chi connectivity index (χ0n) is 11.0. The molecule has 2 aliphatic rings. The maximum Gasteiger partial charge on any atom is 0.120 e. The lowest BCUT2D eigenvalue weighted by atomic mass is 10.1. The Morgan fingerprint density at radius 2 is 2.22 bits per heavy atom. The summed E-state index contributed by atoms with van der Waals surface area (Å²) in [5.41, 5.74) is 2.23. The van der Waals surface area contributed by atoms with Crippen molar-refractivity contribution in [2.24, 2.45) is 0 Å². The van der Waals surface area contributed by atoms with Gasteiger partial charge in [-0.1, -0.05) is 17.7 Å². The zero-order chi connectivity index (χ0) is 12.5. The van der Waals surface area contributed by atoms with E-state index in [-0.39, 0.29) is 0 Å². The molecule has 2 saturated heterocycles. The maximum atomic E-state index is 9.85. The Morgan fingerprint density at radius 3 is 3.11 bits per heavy atom. The molecule has 0 saturated carbocycles. The third-order valence-electron chi connectivity index (χ3n) is 4.40. The molecule has 1 aromatic rings. The van der Waals surface area contributed by atoms with Crippen LogP contribution in [0.15, 0.2) is 18.2 Å². The third-order valence-corrected chi connectivity index (χ3v) is 4.40. The fraction of sp³-hybridized carbons (Fsp3) is 0.600. The number of rotatable bonds is 3. The van der Waals surface area contributed by atoms with Gasteiger partial charge in [0.05, 0.1) is 0 Å². The van der Waals surface area contributed by atoms with E-state index in [1.165, 1.54) is 37.9 Å². The number of fused-ring (bicyclic) bond motifs is 1. The molecule has 2 fully saturated rings. The summed E-state index contributed by atoms with van der Waals surface area (Å²) in [5, 5.41) is 13.5. The normalized spacial score (nSPS) is 27.6. The molecule has 2 aliphatic heterocycles. The van der Waals surface area contributed by atoms with Gasteiger partial charge in [-0.25, -0.2) is 0 Å². The van der Waals surface area contributed by atoms with Crippen LogP contribution in [-0.2, 0) is 6.54 Å². The average Bonchev–Trinajstić information content (AvgIpc) is 2.93. The van der Waals surface area contributed by atoms with Crippen LogP contribution in [0.25, 0.3) is 0 Å². The minimum absolute atomic E-state index is 0.411. The summed E-state index contributed by atoms with van der Waals surface area (Å²) in [5.74, 6) is 0.411. The number of nitrogens with one attached hydrogen (secondary N) is 1. The summed E-state index contributed by atoms with van der Waals surface area (Å²) in [7, 11) is 0. The molecule has 1 aromatic carbocycles. The molecule has 0 amide bonds. The summed E-state index contributed by atoms with van der Waals surface area (Å²) < 4.78 is 0. The van der Waals surface area contributed by atoms with Crippen LogP contribution in [-0.4, -0.2) is 35.2 Å². The largest absolute Gasteiger partial charge is 0.508 e. The molecule has 0 radical (unpaired) electrons. The summed E-state index contributed by atoms with van der Waals surface area (Å²) in [6.45, 7) is 5.36. The van der Waals surface area contributed by atoms with Gasteiger partial charge < -0.3 is 10.4 Å². The first-order valence-corrected chi connectivity index (χ1v) is 7.00. The lowest BCUT2D eigenvalue weighted by Crippen LogP contribution is -2.38. The molecule has 18 heavy (non-hydrogen) atoms. The Kier molecular flexibility index (Phi) is 3.27.